The van der Waals surface area contributed by atoms with Crippen molar-refractivity contribution in [3.8, 4) is 0 Å². The highest BCUT2D eigenvalue weighted by Crippen LogP contribution is 2.43. The highest BCUT2D eigenvalue weighted by atomic mass is 79.9. The van der Waals surface area contributed by atoms with Crippen LogP contribution in [0.15, 0.2) is 4.47 Å². The molecule has 1 aromatic rings. The molecule has 2 N–H and O–H groups in total. The third-order valence-corrected chi connectivity index (χ3v) is 3.32. The summed E-state index contributed by atoms with van der Waals surface area (Å²) >= 11 is 3.47. The number of anilines is 1. The van der Waals surface area contributed by atoms with Crippen molar-refractivity contribution >= 4 is 21.7 Å². The Hall–Kier alpha value is -0.640. The first-order valence-electron chi connectivity index (χ1n) is 5.39. The van der Waals surface area contributed by atoms with Crippen LogP contribution in [-0.2, 0) is 6.42 Å². The summed E-state index contributed by atoms with van der Waals surface area (Å²) in [5, 5.41) is 0. The molecule has 0 unspecified atom stereocenters. The van der Waals surface area contributed by atoms with E-state index >= 15 is 0 Å². The number of nitrogens with zero attached hydrogens (tertiary/aromatic N) is 2. The lowest BCUT2D eigenvalue weighted by Crippen LogP contribution is -2.07. The summed E-state index contributed by atoms with van der Waals surface area (Å²) in [6.07, 6.45) is 3.36. The Kier molecular flexibility index (Phi) is 2.96. The molecule has 1 aliphatic carbocycles. The van der Waals surface area contributed by atoms with Gasteiger partial charge in [-0.2, -0.15) is 0 Å². The minimum absolute atomic E-state index is 0.567. The molecule has 82 valence electrons. The molecular weight excluding hydrogens is 254 g/mol. The minimum atomic E-state index is 0.567. The van der Waals surface area contributed by atoms with E-state index in [1.165, 1.54) is 12.8 Å². The van der Waals surface area contributed by atoms with E-state index in [1.807, 2.05) is 0 Å². The highest BCUT2D eigenvalue weighted by molar-refractivity contribution is 9.10. The van der Waals surface area contributed by atoms with Crippen LogP contribution >= 0.6 is 15.9 Å². The number of hydrogen-bond donors (Lipinski definition) is 1. The summed E-state index contributed by atoms with van der Waals surface area (Å²) in [6.45, 7) is 4.33. The molecule has 0 spiro atoms. The summed E-state index contributed by atoms with van der Waals surface area (Å²) in [7, 11) is 0. The van der Waals surface area contributed by atoms with Crippen molar-refractivity contribution in [2.45, 2.75) is 39.0 Å². The lowest BCUT2D eigenvalue weighted by molar-refractivity contribution is 0.617. The van der Waals surface area contributed by atoms with Crippen LogP contribution in [0.2, 0.25) is 0 Å². The molecule has 0 saturated heterocycles. The van der Waals surface area contributed by atoms with Gasteiger partial charge in [0.05, 0.1) is 10.2 Å². The molecule has 1 saturated carbocycles. The van der Waals surface area contributed by atoms with E-state index < -0.39 is 0 Å². The molecule has 4 heteroatoms. The molecule has 0 aromatic carbocycles. The van der Waals surface area contributed by atoms with Crippen LogP contribution in [0.25, 0.3) is 0 Å². The van der Waals surface area contributed by atoms with Gasteiger partial charge < -0.3 is 5.73 Å². The zero-order chi connectivity index (χ0) is 11.0. The van der Waals surface area contributed by atoms with Gasteiger partial charge in [0.1, 0.15) is 11.6 Å². The fourth-order valence-electron chi connectivity index (χ4n) is 1.62. The minimum Gasteiger partial charge on any atom is -0.383 e. The molecule has 1 fully saturated rings. The van der Waals surface area contributed by atoms with E-state index in [0.29, 0.717) is 17.7 Å². The van der Waals surface area contributed by atoms with Crippen LogP contribution in [0.5, 0.6) is 0 Å². The average molecular weight is 270 g/mol. The number of halogens is 1. The van der Waals surface area contributed by atoms with Gasteiger partial charge in [0.2, 0.25) is 0 Å². The van der Waals surface area contributed by atoms with Crippen LogP contribution in [-0.4, -0.2) is 9.97 Å². The highest BCUT2D eigenvalue weighted by Gasteiger charge is 2.28. The first-order valence-corrected chi connectivity index (χ1v) is 6.19. The SMILES string of the molecule is CC(C)Cc1nc(N)c(Br)c(C2CC2)n1. The third kappa shape index (κ3) is 2.48. The van der Waals surface area contributed by atoms with Crippen molar-refractivity contribution < 1.29 is 0 Å². The van der Waals surface area contributed by atoms with Crippen LogP contribution in [0, 0.1) is 5.92 Å². The first kappa shape index (κ1) is 10.9. The number of nitrogens with two attached hydrogens (primary N) is 1. The van der Waals surface area contributed by atoms with Crippen molar-refractivity contribution in [1.82, 2.24) is 9.97 Å². The lowest BCUT2D eigenvalue weighted by atomic mass is 10.1. The summed E-state index contributed by atoms with van der Waals surface area (Å²) in [5.74, 6) is 2.64. The van der Waals surface area contributed by atoms with Gasteiger partial charge in [-0.1, -0.05) is 13.8 Å². The Morgan fingerprint density at radius 2 is 2.07 bits per heavy atom. The van der Waals surface area contributed by atoms with Crippen molar-refractivity contribution in [3.63, 3.8) is 0 Å². The van der Waals surface area contributed by atoms with E-state index in [2.05, 4.69) is 39.7 Å². The molecule has 2 rings (SSSR count). The van der Waals surface area contributed by atoms with Gasteiger partial charge in [-0.05, 0) is 34.7 Å². The molecule has 0 amide bonds. The fraction of sp³-hybridized carbons (Fsp3) is 0.636. The Labute approximate surface area is 98.6 Å². The maximum Gasteiger partial charge on any atom is 0.141 e. The zero-order valence-electron chi connectivity index (χ0n) is 9.13. The van der Waals surface area contributed by atoms with Gasteiger partial charge in [-0.25, -0.2) is 9.97 Å². The monoisotopic (exact) mass is 269 g/mol. The molecule has 0 radical (unpaired) electrons. The second-order valence-electron chi connectivity index (χ2n) is 4.60. The summed E-state index contributed by atoms with van der Waals surface area (Å²) in [4.78, 5) is 8.90. The van der Waals surface area contributed by atoms with Gasteiger partial charge >= 0.3 is 0 Å². The number of nitrogen functional groups attached to an aromatic ring is 1. The number of hydrogen-bond acceptors (Lipinski definition) is 3. The van der Waals surface area contributed by atoms with Gasteiger partial charge in [0.15, 0.2) is 0 Å². The fourth-order valence-corrected chi connectivity index (χ4v) is 2.12. The second kappa shape index (κ2) is 4.08. The number of aromatic nitrogens is 2. The molecule has 1 aliphatic rings. The van der Waals surface area contributed by atoms with Crippen LogP contribution in [0.4, 0.5) is 5.82 Å². The normalized spacial score (nSPS) is 16.0. The topological polar surface area (TPSA) is 51.8 Å². The zero-order valence-corrected chi connectivity index (χ0v) is 10.7. The molecular formula is C11H16BrN3. The molecule has 1 heterocycles. The molecule has 0 bridgehead atoms. The van der Waals surface area contributed by atoms with E-state index in [4.69, 9.17) is 5.73 Å². The van der Waals surface area contributed by atoms with Crippen molar-refractivity contribution in [2.75, 3.05) is 5.73 Å². The Morgan fingerprint density at radius 3 is 2.60 bits per heavy atom. The van der Waals surface area contributed by atoms with Gasteiger partial charge in [-0.3, -0.25) is 0 Å². The van der Waals surface area contributed by atoms with Crippen molar-refractivity contribution in [2.24, 2.45) is 5.92 Å². The standard InChI is InChI=1S/C11H16BrN3/c1-6(2)5-8-14-10(7-3-4-7)9(12)11(13)15-8/h6-7H,3-5H2,1-2H3,(H2,13,14,15). The Morgan fingerprint density at radius 1 is 1.40 bits per heavy atom. The molecule has 3 nitrogen and oxygen atoms in total. The second-order valence-corrected chi connectivity index (χ2v) is 5.39. The van der Waals surface area contributed by atoms with E-state index in [-0.39, 0.29) is 0 Å². The Bertz CT molecular complexity index is 372. The van der Waals surface area contributed by atoms with Gasteiger partial charge in [0.25, 0.3) is 0 Å². The van der Waals surface area contributed by atoms with E-state index in [9.17, 15) is 0 Å². The van der Waals surface area contributed by atoms with Crippen LogP contribution in [0.3, 0.4) is 0 Å². The summed E-state index contributed by atoms with van der Waals surface area (Å²) in [5.41, 5.74) is 6.97. The predicted molar refractivity (Wildman–Crippen MR) is 64.7 cm³/mol. The molecule has 1 aromatic heterocycles. The first-order chi connectivity index (χ1) is 7.08. The molecule has 15 heavy (non-hydrogen) atoms. The quantitative estimate of drug-likeness (QED) is 0.918. The maximum atomic E-state index is 5.86. The maximum absolute atomic E-state index is 5.86. The average Bonchev–Trinajstić information content (AvgIpc) is 2.93. The predicted octanol–water partition coefficient (Wildman–Crippen LogP) is 2.90. The third-order valence-electron chi connectivity index (χ3n) is 2.50. The Balaban J connectivity index is 2.32. The number of rotatable bonds is 3. The molecule has 0 atom stereocenters. The van der Waals surface area contributed by atoms with Crippen molar-refractivity contribution in [1.29, 1.82) is 0 Å². The summed E-state index contributed by atoms with van der Waals surface area (Å²) in [6, 6.07) is 0. The van der Waals surface area contributed by atoms with E-state index in [0.717, 1.165) is 22.4 Å². The van der Waals surface area contributed by atoms with Gasteiger partial charge in [-0.15, -0.1) is 0 Å². The van der Waals surface area contributed by atoms with Gasteiger partial charge in [0, 0.05) is 12.3 Å². The summed E-state index contributed by atoms with van der Waals surface area (Å²) < 4.78 is 0.900. The van der Waals surface area contributed by atoms with Crippen molar-refractivity contribution in [3.05, 3.63) is 16.0 Å². The largest absolute Gasteiger partial charge is 0.383 e. The van der Waals surface area contributed by atoms with Crippen LogP contribution < -0.4 is 5.73 Å². The lowest BCUT2D eigenvalue weighted by Gasteiger charge is -2.09. The smallest absolute Gasteiger partial charge is 0.141 e. The molecule has 0 aliphatic heterocycles. The van der Waals surface area contributed by atoms with Crippen LogP contribution in [0.1, 0.15) is 44.1 Å². The van der Waals surface area contributed by atoms with E-state index in [1.54, 1.807) is 0 Å².